The maximum atomic E-state index is 10.4. The van der Waals surface area contributed by atoms with Crippen molar-refractivity contribution in [1.29, 1.82) is 0 Å². The van der Waals surface area contributed by atoms with Crippen LogP contribution in [-0.2, 0) is 18.2 Å². The highest BCUT2D eigenvalue weighted by molar-refractivity contribution is 9.10. The van der Waals surface area contributed by atoms with Crippen LogP contribution in [0, 0.1) is 6.92 Å². The van der Waals surface area contributed by atoms with Crippen molar-refractivity contribution in [2.45, 2.75) is 44.8 Å². The summed E-state index contributed by atoms with van der Waals surface area (Å²) >= 11 is 3.53. The maximum absolute atomic E-state index is 10.4. The highest BCUT2D eigenvalue weighted by Gasteiger charge is 2.44. The third-order valence-corrected chi connectivity index (χ3v) is 4.41. The van der Waals surface area contributed by atoms with Gasteiger partial charge in [-0.25, -0.2) is 0 Å². The van der Waals surface area contributed by atoms with Crippen LogP contribution in [-0.4, -0.2) is 33.2 Å². The Labute approximate surface area is 110 Å². The summed E-state index contributed by atoms with van der Waals surface area (Å²) in [5.41, 5.74) is 1.40. The first-order chi connectivity index (χ1) is 7.95. The zero-order valence-corrected chi connectivity index (χ0v) is 12.1. The van der Waals surface area contributed by atoms with E-state index in [9.17, 15) is 5.11 Å². The molecule has 1 N–H and O–H groups in total. The Kier molecular flexibility index (Phi) is 3.61. The molecule has 1 aliphatic carbocycles. The monoisotopic (exact) mass is 302 g/mol. The predicted octanol–water partition coefficient (Wildman–Crippen LogP) is 1.96. The van der Waals surface area contributed by atoms with Crippen molar-refractivity contribution < 1.29 is 9.84 Å². The topological polar surface area (TPSA) is 47.3 Å². The third kappa shape index (κ3) is 2.56. The van der Waals surface area contributed by atoms with Gasteiger partial charge in [0.25, 0.3) is 0 Å². The summed E-state index contributed by atoms with van der Waals surface area (Å²) in [4.78, 5) is 0. The summed E-state index contributed by atoms with van der Waals surface area (Å²) in [5, 5.41) is 14.7. The van der Waals surface area contributed by atoms with Crippen molar-refractivity contribution in [3.05, 3.63) is 15.9 Å². The van der Waals surface area contributed by atoms with E-state index in [-0.39, 0.29) is 6.10 Å². The van der Waals surface area contributed by atoms with Crippen LogP contribution >= 0.6 is 15.9 Å². The van der Waals surface area contributed by atoms with Gasteiger partial charge in [0.15, 0.2) is 0 Å². The highest BCUT2D eigenvalue weighted by atomic mass is 79.9. The van der Waals surface area contributed by atoms with E-state index in [0.717, 1.165) is 35.3 Å². The second-order valence-corrected chi connectivity index (χ2v) is 5.65. The molecule has 0 radical (unpaired) electrons. The van der Waals surface area contributed by atoms with Crippen LogP contribution in [0.15, 0.2) is 4.47 Å². The number of hydrogen-bond acceptors (Lipinski definition) is 3. The first kappa shape index (κ1) is 13.1. The second kappa shape index (κ2) is 4.71. The van der Waals surface area contributed by atoms with E-state index in [0.29, 0.717) is 6.42 Å². The van der Waals surface area contributed by atoms with Crippen LogP contribution < -0.4 is 0 Å². The molecule has 0 amide bonds. The molecule has 0 aromatic carbocycles. The number of hydrogen-bond donors (Lipinski definition) is 1. The van der Waals surface area contributed by atoms with Gasteiger partial charge in [0.1, 0.15) is 0 Å². The number of ether oxygens (including phenoxy) is 1. The Morgan fingerprint density at radius 1 is 1.59 bits per heavy atom. The Hall–Kier alpha value is -0.390. The van der Waals surface area contributed by atoms with Gasteiger partial charge in [0.2, 0.25) is 0 Å². The normalized spacial score (nSPS) is 28.2. The molecule has 0 atom stereocenters. The summed E-state index contributed by atoms with van der Waals surface area (Å²) < 4.78 is 8.33. The molecule has 17 heavy (non-hydrogen) atoms. The minimum atomic E-state index is -0.622. The fraction of sp³-hybridized carbons (Fsp3) is 0.750. The van der Waals surface area contributed by atoms with Gasteiger partial charge in [-0.3, -0.25) is 4.68 Å². The molecule has 1 heterocycles. The van der Waals surface area contributed by atoms with Gasteiger partial charge >= 0.3 is 0 Å². The van der Waals surface area contributed by atoms with Crippen LogP contribution in [0.2, 0.25) is 0 Å². The first-order valence-electron chi connectivity index (χ1n) is 5.97. The lowest BCUT2D eigenvalue weighted by molar-refractivity contribution is -0.137. The fourth-order valence-corrected chi connectivity index (χ4v) is 2.95. The first-order valence-corrected chi connectivity index (χ1v) is 6.76. The molecule has 0 unspecified atom stereocenters. The molecule has 1 aromatic heterocycles. The Morgan fingerprint density at radius 2 is 2.24 bits per heavy atom. The molecule has 96 valence electrons. The minimum absolute atomic E-state index is 0.220. The molecule has 1 fully saturated rings. The van der Waals surface area contributed by atoms with Crippen LogP contribution in [0.4, 0.5) is 0 Å². The van der Waals surface area contributed by atoms with Gasteiger partial charge in [-0.2, -0.15) is 5.10 Å². The smallest absolute Gasteiger partial charge is 0.0752 e. The number of aliphatic hydroxyl groups is 1. The summed E-state index contributed by atoms with van der Waals surface area (Å²) in [5.74, 6) is 0. The number of rotatable bonds is 4. The molecule has 5 heteroatoms. The Bertz CT molecular complexity index is 411. The zero-order chi connectivity index (χ0) is 12.6. The summed E-state index contributed by atoms with van der Waals surface area (Å²) in [7, 11) is 1.91. The van der Waals surface area contributed by atoms with Crippen LogP contribution in [0.25, 0.3) is 0 Å². The molecule has 0 aliphatic heterocycles. The van der Waals surface area contributed by atoms with E-state index < -0.39 is 5.60 Å². The number of aromatic nitrogens is 2. The van der Waals surface area contributed by atoms with Crippen molar-refractivity contribution in [3.8, 4) is 0 Å². The van der Waals surface area contributed by atoms with E-state index in [1.165, 1.54) is 0 Å². The van der Waals surface area contributed by atoms with Crippen molar-refractivity contribution in [2.24, 2.45) is 7.05 Å². The van der Waals surface area contributed by atoms with Crippen molar-refractivity contribution in [3.63, 3.8) is 0 Å². The molecular formula is C12H19BrN2O2. The Balaban J connectivity index is 2.02. The summed E-state index contributed by atoms with van der Waals surface area (Å²) in [6.45, 7) is 4.66. The zero-order valence-electron chi connectivity index (χ0n) is 10.5. The standard InChI is InChI=1S/C12H19BrN2O2/c1-4-17-9-5-12(16,6-9)7-10-11(13)8(2)14-15(10)3/h9,16H,4-7H2,1-3H3. The molecular weight excluding hydrogens is 284 g/mol. The molecule has 0 saturated heterocycles. The molecule has 1 aliphatic rings. The number of nitrogens with zero attached hydrogens (tertiary/aromatic N) is 2. The van der Waals surface area contributed by atoms with E-state index >= 15 is 0 Å². The van der Waals surface area contributed by atoms with Crippen molar-refractivity contribution >= 4 is 15.9 Å². The molecule has 1 aromatic rings. The van der Waals surface area contributed by atoms with Gasteiger partial charge in [0.05, 0.1) is 27.6 Å². The Morgan fingerprint density at radius 3 is 2.71 bits per heavy atom. The van der Waals surface area contributed by atoms with E-state index in [1.807, 2.05) is 25.6 Å². The van der Waals surface area contributed by atoms with Gasteiger partial charge in [-0.1, -0.05) is 0 Å². The van der Waals surface area contributed by atoms with Crippen LogP contribution in [0.5, 0.6) is 0 Å². The summed E-state index contributed by atoms with van der Waals surface area (Å²) in [6.07, 6.45) is 2.29. The molecule has 2 rings (SSSR count). The van der Waals surface area contributed by atoms with Crippen LogP contribution in [0.1, 0.15) is 31.2 Å². The molecule has 4 nitrogen and oxygen atoms in total. The van der Waals surface area contributed by atoms with Crippen molar-refractivity contribution in [2.75, 3.05) is 6.61 Å². The molecule has 1 saturated carbocycles. The summed E-state index contributed by atoms with van der Waals surface area (Å²) in [6, 6.07) is 0. The quantitative estimate of drug-likeness (QED) is 0.925. The van der Waals surface area contributed by atoms with E-state index in [2.05, 4.69) is 21.0 Å². The van der Waals surface area contributed by atoms with Gasteiger partial charge in [-0.15, -0.1) is 0 Å². The molecule has 0 bridgehead atoms. The van der Waals surface area contributed by atoms with Crippen molar-refractivity contribution in [1.82, 2.24) is 9.78 Å². The lowest BCUT2D eigenvalue weighted by Crippen LogP contribution is -2.50. The SMILES string of the molecule is CCOC1CC(O)(Cc2c(Br)c(C)nn2C)C1. The lowest BCUT2D eigenvalue weighted by atomic mass is 9.74. The largest absolute Gasteiger partial charge is 0.389 e. The minimum Gasteiger partial charge on any atom is -0.389 e. The average Bonchev–Trinajstić information content (AvgIpc) is 2.43. The predicted molar refractivity (Wildman–Crippen MR) is 68.9 cm³/mol. The van der Waals surface area contributed by atoms with Gasteiger partial charge < -0.3 is 9.84 Å². The van der Waals surface area contributed by atoms with E-state index in [1.54, 1.807) is 0 Å². The highest BCUT2D eigenvalue weighted by Crippen LogP contribution is 2.38. The fourth-order valence-electron chi connectivity index (χ4n) is 2.47. The maximum Gasteiger partial charge on any atom is 0.0752 e. The molecule has 0 spiro atoms. The van der Waals surface area contributed by atoms with E-state index in [4.69, 9.17) is 4.74 Å². The van der Waals surface area contributed by atoms with Gasteiger partial charge in [-0.05, 0) is 29.8 Å². The average molecular weight is 303 g/mol. The number of halogens is 1. The lowest BCUT2D eigenvalue weighted by Gasteiger charge is -2.43. The second-order valence-electron chi connectivity index (χ2n) is 4.86. The third-order valence-electron chi connectivity index (χ3n) is 3.38. The van der Waals surface area contributed by atoms with Crippen LogP contribution in [0.3, 0.4) is 0 Å². The number of aryl methyl sites for hydroxylation is 2. The van der Waals surface area contributed by atoms with Gasteiger partial charge in [0, 0.05) is 32.9 Å².